The summed E-state index contributed by atoms with van der Waals surface area (Å²) in [5.74, 6) is 1.24. The molecular weight excluding hydrogens is 248 g/mol. The molecule has 2 heterocycles. The largest absolute Gasteiger partial charge is 0.508 e. The second-order valence-electron chi connectivity index (χ2n) is 3.87. The summed E-state index contributed by atoms with van der Waals surface area (Å²) in [6.07, 6.45) is 1.49. The van der Waals surface area contributed by atoms with E-state index in [0.717, 1.165) is 15.8 Å². The smallest absolute Gasteiger partial charge is 0.240 e. The topological polar surface area (TPSA) is 55.2 Å². The van der Waals surface area contributed by atoms with Gasteiger partial charge in [0.25, 0.3) is 0 Å². The maximum atomic E-state index is 9.40. The van der Waals surface area contributed by atoms with Gasteiger partial charge in [-0.15, -0.1) is 11.3 Å². The van der Waals surface area contributed by atoms with Crippen LogP contribution in [0.1, 0.15) is 5.56 Å². The van der Waals surface area contributed by atoms with Crippen LogP contribution in [0.5, 0.6) is 17.4 Å². The van der Waals surface area contributed by atoms with Gasteiger partial charge in [-0.25, -0.2) is 9.97 Å². The van der Waals surface area contributed by atoms with Crippen LogP contribution in [0, 0.1) is 6.92 Å². The number of phenolic OH excluding ortho intramolecular Hbond substituents is 1. The van der Waals surface area contributed by atoms with Gasteiger partial charge in [0.15, 0.2) is 0 Å². The van der Waals surface area contributed by atoms with E-state index >= 15 is 0 Å². The van der Waals surface area contributed by atoms with Crippen molar-refractivity contribution in [1.82, 2.24) is 9.97 Å². The SMILES string of the molecule is Cc1csc2c(Oc3cccc(O)c3)ncnc12. The predicted molar refractivity (Wildman–Crippen MR) is 70.3 cm³/mol. The molecule has 3 rings (SSSR count). The molecule has 5 heteroatoms. The fourth-order valence-electron chi connectivity index (χ4n) is 1.68. The zero-order valence-corrected chi connectivity index (χ0v) is 10.4. The van der Waals surface area contributed by atoms with E-state index in [1.807, 2.05) is 12.3 Å². The minimum Gasteiger partial charge on any atom is -0.508 e. The van der Waals surface area contributed by atoms with Crippen LogP contribution in [0.3, 0.4) is 0 Å². The number of rotatable bonds is 2. The van der Waals surface area contributed by atoms with Gasteiger partial charge in [0.2, 0.25) is 5.88 Å². The summed E-state index contributed by atoms with van der Waals surface area (Å²) in [6.45, 7) is 2.00. The molecule has 2 aromatic heterocycles. The van der Waals surface area contributed by atoms with E-state index in [1.165, 1.54) is 6.33 Å². The summed E-state index contributed by atoms with van der Waals surface area (Å²) in [7, 11) is 0. The molecule has 1 N–H and O–H groups in total. The normalized spacial score (nSPS) is 10.7. The number of aromatic nitrogens is 2. The quantitative estimate of drug-likeness (QED) is 0.764. The van der Waals surface area contributed by atoms with Gasteiger partial charge in [0, 0.05) is 6.07 Å². The Balaban J connectivity index is 2.05. The molecule has 0 saturated heterocycles. The summed E-state index contributed by atoms with van der Waals surface area (Å²) in [5, 5.41) is 11.4. The monoisotopic (exact) mass is 258 g/mol. The van der Waals surface area contributed by atoms with E-state index in [2.05, 4.69) is 9.97 Å². The zero-order chi connectivity index (χ0) is 12.5. The molecule has 0 bridgehead atoms. The first kappa shape index (κ1) is 11.0. The van der Waals surface area contributed by atoms with Gasteiger partial charge >= 0.3 is 0 Å². The summed E-state index contributed by atoms with van der Waals surface area (Å²) in [6, 6.07) is 6.64. The Bertz CT molecular complexity index is 709. The lowest BCUT2D eigenvalue weighted by Gasteiger charge is -2.05. The highest BCUT2D eigenvalue weighted by molar-refractivity contribution is 7.17. The number of nitrogens with zero attached hydrogens (tertiary/aromatic N) is 2. The first-order valence-electron chi connectivity index (χ1n) is 5.40. The van der Waals surface area contributed by atoms with Crippen molar-refractivity contribution >= 4 is 21.6 Å². The molecule has 0 atom stereocenters. The van der Waals surface area contributed by atoms with Crippen LogP contribution < -0.4 is 4.74 Å². The van der Waals surface area contributed by atoms with Crippen molar-refractivity contribution in [2.45, 2.75) is 6.92 Å². The second-order valence-corrected chi connectivity index (χ2v) is 4.75. The Morgan fingerprint density at radius 1 is 1.28 bits per heavy atom. The second kappa shape index (κ2) is 4.27. The number of hydrogen-bond donors (Lipinski definition) is 1. The molecule has 0 amide bonds. The molecule has 0 aliphatic carbocycles. The van der Waals surface area contributed by atoms with Crippen molar-refractivity contribution in [1.29, 1.82) is 0 Å². The van der Waals surface area contributed by atoms with Crippen LogP contribution in [0.4, 0.5) is 0 Å². The van der Waals surface area contributed by atoms with E-state index in [1.54, 1.807) is 35.6 Å². The van der Waals surface area contributed by atoms with Crippen LogP contribution >= 0.6 is 11.3 Å². The standard InChI is InChI=1S/C13H10N2O2S/c1-8-6-18-12-11(8)14-7-15-13(12)17-10-4-2-3-9(16)5-10/h2-7,16H,1H3. The van der Waals surface area contributed by atoms with Crippen molar-refractivity contribution in [3.63, 3.8) is 0 Å². The van der Waals surface area contributed by atoms with Crippen LogP contribution in [0.2, 0.25) is 0 Å². The third-order valence-electron chi connectivity index (χ3n) is 2.53. The molecule has 3 aromatic rings. The highest BCUT2D eigenvalue weighted by Gasteiger charge is 2.10. The average Bonchev–Trinajstić information content (AvgIpc) is 2.73. The molecule has 0 radical (unpaired) electrons. The zero-order valence-electron chi connectivity index (χ0n) is 9.62. The lowest BCUT2D eigenvalue weighted by Crippen LogP contribution is -1.89. The lowest BCUT2D eigenvalue weighted by atomic mass is 10.3. The van der Waals surface area contributed by atoms with Gasteiger partial charge in [-0.05, 0) is 30.0 Å². The van der Waals surface area contributed by atoms with Crippen LogP contribution in [-0.2, 0) is 0 Å². The molecule has 0 aliphatic heterocycles. The van der Waals surface area contributed by atoms with Crippen molar-refractivity contribution in [3.8, 4) is 17.4 Å². The van der Waals surface area contributed by atoms with Gasteiger partial charge in [-0.2, -0.15) is 0 Å². The number of hydrogen-bond acceptors (Lipinski definition) is 5. The average molecular weight is 258 g/mol. The Kier molecular flexibility index (Phi) is 2.60. The van der Waals surface area contributed by atoms with E-state index in [-0.39, 0.29) is 5.75 Å². The molecule has 18 heavy (non-hydrogen) atoms. The Morgan fingerprint density at radius 3 is 3.00 bits per heavy atom. The minimum absolute atomic E-state index is 0.167. The summed E-state index contributed by atoms with van der Waals surface area (Å²) in [5.41, 5.74) is 2.02. The number of aromatic hydroxyl groups is 1. The molecular formula is C13H10N2O2S. The number of phenols is 1. The molecule has 0 unspecified atom stereocenters. The lowest BCUT2D eigenvalue weighted by molar-refractivity contribution is 0.449. The van der Waals surface area contributed by atoms with Crippen LogP contribution in [-0.4, -0.2) is 15.1 Å². The number of aryl methyl sites for hydroxylation is 1. The van der Waals surface area contributed by atoms with Crippen molar-refractivity contribution in [2.24, 2.45) is 0 Å². The Labute approximate surface area is 108 Å². The predicted octanol–water partition coefficient (Wildman–Crippen LogP) is 3.50. The fraction of sp³-hybridized carbons (Fsp3) is 0.0769. The molecule has 4 nitrogen and oxygen atoms in total. The number of fused-ring (bicyclic) bond motifs is 1. The maximum Gasteiger partial charge on any atom is 0.240 e. The maximum absolute atomic E-state index is 9.40. The van der Waals surface area contributed by atoms with E-state index in [0.29, 0.717) is 11.6 Å². The van der Waals surface area contributed by atoms with Crippen LogP contribution in [0.25, 0.3) is 10.2 Å². The molecule has 0 spiro atoms. The Hall–Kier alpha value is -2.14. The van der Waals surface area contributed by atoms with Crippen molar-refractivity contribution in [3.05, 3.63) is 41.5 Å². The highest BCUT2D eigenvalue weighted by atomic mass is 32.1. The first-order chi connectivity index (χ1) is 8.74. The van der Waals surface area contributed by atoms with Gasteiger partial charge in [0.05, 0.1) is 5.52 Å². The van der Waals surface area contributed by atoms with Gasteiger partial charge in [-0.3, -0.25) is 0 Å². The molecule has 90 valence electrons. The van der Waals surface area contributed by atoms with Gasteiger partial charge in [0.1, 0.15) is 22.5 Å². The molecule has 0 saturated carbocycles. The molecule has 0 fully saturated rings. The number of ether oxygens (including phenoxy) is 1. The summed E-state index contributed by atoms with van der Waals surface area (Å²) in [4.78, 5) is 8.37. The van der Waals surface area contributed by atoms with Gasteiger partial charge in [-0.1, -0.05) is 6.07 Å². The Morgan fingerprint density at radius 2 is 2.17 bits per heavy atom. The molecule has 1 aromatic carbocycles. The third kappa shape index (κ3) is 1.89. The highest BCUT2D eigenvalue weighted by Crippen LogP contribution is 2.33. The summed E-state index contributed by atoms with van der Waals surface area (Å²) >= 11 is 1.55. The van der Waals surface area contributed by atoms with Crippen molar-refractivity contribution in [2.75, 3.05) is 0 Å². The minimum atomic E-state index is 0.167. The van der Waals surface area contributed by atoms with Crippen molar-refractivity contribution < 1.29 is 9.84 Å². The fourth-order valence-corrected chi connectivity index (χ4v) is 2.61. The summed E-state index contributed by atoms with van der Waals surface area (Å²) < 4.78 is 6.60. The third-order valence-corrected chi connectivity index (χ3v) is 3.61. The van der Waals surface area contributed by atoms with Gasteiger partial charge < -0.3 is 9.84 Å². The van der Waals surface area contributed by atoms with E-state index < -0.39 is 0 Å². The van der Waals surface area contributed by atoms with E-state index in [9.17, 15) is 5.11 Å². The van der Waals surface area contributed by atoms with Crippen LogP contribution in [0.15, 0.2) is 36.0 Å². The number of thiophene rings is 1. The number of benzene rings is 1. The first-order valence-corrected chi connectivity index (χ1v) is 6.27. The molecule has 0 aliphatic rings. The van der Waals surface area contributed by atoms with E-state index in [4.69, 9.17) is 4.74 Å².